The molecule has 0 spiro atoms. The number of carbonyl (C=O) groups excluding carboxylic acids is 1. The number of rotatable bonds is 6. The van der Waals surface area contributed by atoms with E-state index in [2.05, 4.69) is 21.3 Å². The van der Waals surface area contributed by atoms with E-state index in [0.717, 1.165) is 35.5 Å². The maximum absolute atomic E-state index is 13.2. The van der Waals surface area contributed by atoms with Crippen molar-refractivity contribution in [3.8, 4) is 5.75 Å². The lowest BCUT2D eigenvalue weighted by atomic mass is 10.2. The smallest absolute Gasteiger partial charge is 0.272 e. The molecule has 0 unspecified atom stereocenters. The largest absolute Gasteiger partial charge is 0.489 e. The number of carbonyl (C=O) groups is 1. The van der Waals surface area contributed by atoms with E-state index in [0.29, 0.717) is 12.6 Å². The quantitative estimate of drug-likeness (QED) is 0.382. The maximum atomic E-state index is 13.2. The van der Waals surface area contributed by atoms with Gasteiger partial charge in [-0.25, -0.2) is 0 Å². The molecule has 2 heterocycles. The van der Waals surface area contributed by atoms with Gasteiger partial charge in [0.1, 0.15) is 18.1 Å². The Morgan fingerprint density at radius 1 is 1.03 bits per heavy atom. The number of hydrogen-bond acceptors (Lipinski definition) is 3. The number of anilines is 1. The first-order chi connectivity index (χ1) is 14.8. The Labute approximate surface area is 180 Å². The number of benzene rings is 2. The topological polar surface area (TPSA) is 43.3 Å². The van der Waals surface area contributed by atoms with Gasteiger partial charge in [0.05, 0.1) is 10.2 Å². The van der Waals surface area contributed by atoms with Crippen LogP contribution in [0.25, 0.3) is 10.2 Å². The molecular formula is C25H24N2O2S. The molecule has 5 rings (SSSR count). The third-order valence-corrected chi connectivity index (χ3v) is 6.57. The predicted octanol–water partition coefficient (Wildman–Crippen LogP) is 6.65. The fourth-order valence-electron chi connectivity index (χ4n) is 4.29. The van der Waals surface area contributed by atoms with E-state index in [1.807, 2.05) is 60.7 Å². The van der Waals surface area contributed by atoms with E-state index in [9.17, 15) is 4.79 Å². The van der Waals surface area contributed by atoms with Crippen molar-refractivity contribution in [3.63, 3.8) is 0 Å². The molecule has 30 heavy (non-hydrogen) atoms. The molecule has 2 aromatic heterocycles. The van der Waals surface area contributed by atoms with Crippen molar-refractivity contribution in [1.82, 2.24) is 4.57 Å². The second-order valence-electron chi connectivity index (χ2n) is 7.76. The van der Waals surface area contributed by atoms with Crippen molar-refractivity contribution in [3.05, 3.63) is 83.4 Å². The maximum Gasteiger partial charge on any atom is 0.272 e. The molecule has 4 nitrogen and oxygen atoms in total. The summed E-state index contributed by atoms with van der Waals surface area (Å²) in [5.41, 5.74) is 3.75. The number of thiophene rings is 1. The van der Waals surface area contributed by atoms with Gasteiger partial charge in [0, 0.05) is 11.7 Å². The lowest BCUT2D eigenvalue weighted by Crippen LogP contribution is -2.19. The minimum Gasteiger partial charge on any atom is -0.489 e. The molecule has 1 N–H and O–H groups in total. The van der Waals surface area contributed by atoms with Crippen molar-refractivity contribution < 1.29 is 9.53 Å². The third-order valence-electron chi connectivity index (χ3n) is 5.72. The fraction of sp³-hybridized carbons (Fsp3) is 0.240. The Hall–Kier alpha value is -3.05. The molecule has 1 aliphatic carbocycles. The van der Waals surface area contributed by atoms with Gasteiger partial charge in [-0.3, -0.25) is 4.79 Å². The fourth-order valence-corrected chi connectivity index (χ4v) is 5.10. The summed E-state index contributed by atoms with van der Waals surface area (Å²) >= 11 is 1.69. The second kappa shape index (κ2) is 8.36. The van der Waals surface area contributed by atoms with Crippen LogP contribution in [0.5, 0.6) is 5.75 Å². The Kier molecular flexibility index (Phi) is 5.28. The lowest BCUT2D eigenvalue weighted by molar-refractivity contribution is 0.101. The Balaban J connectivity index is 1.34. The predicted molar refractivity (Wildman–Crippen MR) is 122 cm³/mol. The molecular weight excluding hydrogens is 392 g/mol. The average Bonchev–Trinajstić information content (AvgIpc) is 3.50. The van der Waals surface area contributed by atoms with Crippen molar-refractivity contribution >= 4 is 33.1 Å². The Morgan fingerprint density at radius 3 is 2.70 bits per heavy atom. The third kappa shape index (κ3) is 3.85. The van der Waals surface area contributed by atoms with Crippen LogP contribution in [0.15, 0.2) is 72.1 Å². The van der Waals surface area contributed by atoms with Gasteiger partial charge in [-0.05, 0) is 60.2 Å². The molecule has 1 amide bonds. The molecule has 1 fully saturated rings. The van der Waals surface area contributed by atoms with Crippen LogP contribution in [-0.4, -0.2) is 10.5 Å². The number of nitrogens with one attached hydrogen (secondary N) is 1. The van der Waals surface area contributed by atoms with Crippen molar-refractivity contribution in [2.45, 2.75) is 38.3 Å². The number of nitrogens with zero attached hydrogens (tertiary/aromatic N) is 1. The molecule has 0 saturated heterocycles. The van der Waals surface area contributed by atoms with Crippen LogP contribution in [-0.2, 0) is 6.61 Å². The van der Waals surface area contributed by atoms with Gasteiger partial charge in [-0.2, -0.15) is 0 Å². The van der Waals surface area contributed by atoms with Crippen LogP contribution in [0, 0.1) is 0 Å². The number of amides is 1. The highest BCUT2D eigenvalue weighted by atomic mass is 32.1. The molecule has 0 radical (unpaired) electrons. The molecule has 0 aliphatic heterocycles. The van der Waals surface area contributed by atoms with Crippen LogP contribution in [0.2, 0.25) is 0 Å². The number of hydrogen-bond donors (Lipinski definition) is 1. The highest BCUT2D eigenvalue weighted by Gasteiger charge is 2.25. The number of para-hydroxylation sites is 1. The lowest BCUT2D eigenvalue weighted by Gasteiger charge is -2.17. The summed E-state index contributed by atoms with van der Waals surface area (Å²) in [4.78, 5) is 13.2. The highest BCUT2D eigenvalue weighted by molar-refractivity contribution is 7.17. The zero-order valence-corrected chi connectivity index (χ0v) is 17.5. The standard InChI is InChI=1S/C25H24N2O2S/c28-25(23-16-24-22(13-14-30-24)27(23)20-9-4-5-10-20)26-19-8-6-7-18(15-19)17-29-21-11-2-1-3-12-21/h1-3,6-8,11-16,20H,4-5,9-10,17H2,(H,26,28). The number of aromatic nitrogens is 1. The molecule has 152 valence electrons. The number of fused-ring (bicyclic) bond motifs is 1. The second-order valence-corrected chi connectivity index (χ2v) is 8.71. The molecule has 4 aromatic rings. The molecule has 2 aromatic carbocycles. The molecule has 5 heteroatoms. The van der Waals surface area contributed by atoms with Crippen LogP contribution in [0.1, 0.15) is 47.8 Å². The van der Waals surface area contributed by atoms with Crippen molar-refractivity contribution in [1.29, 1.82) is 0 Å². The zero-order chi connectivity index (χ0) is 20.3. The molecule has 1 saturated carbocycles. The summed E-state index contributed by atoms with van der Waals surface area (Å²) in [6.07, 6.45) is 4.76. The SMILES string of the molecule is O=C(Nc1cccc(COc2ccccc2)c1)c1cc2sccc2n1C1CCCC1. The van der Waals surface area contributed by atoms with E-state index in [1.54, 1.807) is 11.3 Å². The Bertz CT molecular complexity index is 1160. The monoisotopic (exact) mass is 416 g/mol. The number of ether oxygens (including phenoxy) is 1. The normalized spacial score (nSPS) is 14.3. The van der Waals surface area contributed by atoms with E-state index in [-0.39, 0.29) is 5.91 Å². The summed E-state index contributed by atoms with van der Waals surface area (Å²) in [6, 6.07) is 22.2. The van der Waals surface area contributed by atoms with Crippen LogP contribution < -0.4 is 10.1 Å². The van der Waals surface area contributed by atoms with Crippen molar-refractivity contribution in [2.75, 3.05) is 5.32 Å². The van der Waals surface area contributed by atoms with Crippen molar-refractivity contribution in [2.24, 2.45) is 0 Å². The summed E-state index contributed by atoms with van der Waals surface area (Å²) in [7, 11) is 0. The van der Waals surface area contributed by atoms with E-state index in [4.69, 9.17) is 4.74 Å². The first kappa shape index (κ1) is 18.9. The minimum absolute atomic E-state index is 0.0496. The molecule has 0 atom stereocenters. The van der Waals surface area contributed by atoms with Gasteiger partial charge >= 0.3 is 0 Å². The minimum atomic E-state index is -0.0496. The summed E-state index contributed by atoms with van der Waals surface area (Å²) in [5.74, 6) is 0.785. The first-order valence-electron chi connectivity index (χ1n) is 10.4. The highest BCUT2D eigenvalue weighted by Crippen LogP contribution is 2.36. The van der Waals surface area contributed by atoms with Gasteiger partial charge in [0.25, 0.3) is 5.91 Å². The van der Waals surface area contributed by atoms with Crippen LogP contribution in [0.3, 0.4) is 0 Å². The zero-order valence-electron chi connectivity index (χ0n) is 16.7. The summed E-state index contributed by atoms with van der Waals surface area (Å²) < 4.78 is 9.28. The van der Waals surface area contributed by atoms with Gasteiger partial charge in [-0.15, -0.1) is 11.3 Å². The van der Waals surface area contributed by atoms with Crippen LogP contribution in [0.4, 0.5) is 5.69 Å². The summed E-state index contributed by atoms with van der Waals surface area (Å²) in [5, 5.41) is 5.21. The first-order valence-corrected chi connectivity index (χ1v) is 11.3. The van der Waals surface area contributed by atoms with Gasteiger partial charge < -0.3 is 14.6 Å². The summed E-state index contributed by atoms with van der Waals surface area (Å²) in [6.45, 7) is 0.460. The van der Waals surface area contributed by atoms with E-state index >= 15 is 0 Å². The molecule has 1 aliphatic rings. The average molecular weight is 417 g/mol. The van der Waals surface area contributed by atoms with Gasteiger partial charge in [0.2, 0.25) is 0 Å². The van der Waals surface area contributed by atoms with Gasteiger partial charge in [-0.1, -0.05) is 43.2 Å². The van der Waals surface area contributed by atoms with E-state index in [1.165, 1.54) is 23.1 Å². The van der Waals surface area contributed by atoms with Crippen LogP contribution >= 0.6 is 11.3 Å². The van der Waals surface area contributed by atoms with E-state index < -0.39 is 0 Å². The molecule has 0 bridgehead atoms. The Morgan fingerprint density at radius 2 is 1.87 bits per heavy atom. The van der Waals surface area contributed by atoms with Gasteiger partial charge in [0.15, 0.2) is 0 Å².